The largest absolute Gasteiger partial charge is 0.312 e. The minimum absolute atomic E-state index is 0.690. The second-order valence-electron chi connectivity index (χ2n) is 6.56. The van der Waals surface area contributed by atoms with E-state index >= 15 is 0 Å². The van der Waals surface area contributed by atoms with Gasteiger partial charge < -0.3 is 5.32 Å². The summed E-state index contributed by atoms with van der Waals surface area (Å²) in [6.45, 7) is 15.6. The summed E-state index contributed by atoms with van der Waals surface area (Å²) in [7, 11) is 0. The number of rotatable bonds is 8. The molecule has 4 atom stereocenters. The molecule has 1 fully saturated rings. The summed E-state index contributed by atoms with van der Waals surface area (Å²) in [5.41, 5.74) is 0. The molecule has 1 rings (SSSR count). The summed E-state index contributed by atoms with van der Waals surface area (Å²) in [6.07, 6.45) is 6.51. The molecule has 19 heavy (non-hydrogen) atoms. The van der Waals surface area contributed by atoms with Crippen LogP contribution in [0.1, 0.15) is 66.7 Å². The van der Waals surface area contributed by atoms with Gasteiger partial charge in [-0.25, -0.2) is 0 Å². The lowest BCUT2D eigenvalue weighted by Gasteiger charge is -2.43. The molecule has 0 saturated carbocycles. The maximum atomic E-state index is 3.80. The molecule has 2 nitrogen and oxygen atoms in total. The van der Waals surface area contributed by atoms with Crippen LogP contribution in [-0.2, 0) is 0 Å². The third kappa shape index (κ3) is 5.07. The zero-order valence-corrected chi connectivity index (χ0v) is 13.9. The molecule has 1 aliphatic rings. The van der Waals surface area contributed by atoms with Gasteiger partial charge in [0.15, 0.2) is 0 Å². The zero-order chi connectivity index (χ0) is 14.3. The topological polar surface area (TPSA) is 15.3 Å². The highest BCUT2D eigenvalue weighted by Gasteiger charge is 2.30. The molecule has 0 radical (unpaired) electrons. The van der Waals surface area contributed by atoms with Gasteiger partial charge in [0.25, 0.3) is 0 Å². The highest BCUT2D eigenvalue weighted by atomic mass is 15.2. The summed E-state index contributed by atoms with van der Waals surface area (Å²) in [5.74, 6) is 1.76. The van der Waals surface area contributed by atoms with Crippen LogP contribution < -0.4 is 5.32 Å². The lowest BCUT2D eigenvalue weighted by molar-refractivity contribution is 0.0713. The third-order valence-corrected chi connectivity index (χ3v) is 4.97. The van der Waals surface area contributed by atoms with E-state index in [9.17, 15) is 0 Å². The maximum absolute atomic E-state index is 3.80. The first-order chi connectivity index (χ1) is 9.13. The summed E-state index contributed by atoms with van der Waals surface area (Å²) in [5, 5.41) is 3.80. The SMILES string of the molecule is CCCNC(CCC)C(CC)N1CCC(C)C(C)C1. The van der Waals surface area contributed by atoms with Crippen molar-refractivity contribution in [1.29, 1.82) is 0 Å². The zero-order valence-electron chi connectivity index (χ0n) is 13.9. The molecule has 0 aliphatic carbocycles. The Balaban J connectivity index is 2.61. The van der Waals surface area contributed by atoms with Crippen molar-refractivity contribution in [2.75, 3.05) is 19.6 Å². The van der Waals surface area contributed by atoms with Crippen LogP contribution in [0.15, 0.2) is 0 Å². The van der Waals surface area contributed by atoms with Crippen molar-refractivity contribution in [2.24, 2.45) is 11.8 Å². The lowest BCUT2D eigenvalue weighted by atomic mass is 9.86. The minimum Gasteiger partial charge on any atom is -0.312 e. The van der Waals surface area contributed by atoms with E-state index in [2.05, 4.69) is 44.8 Å². The molecule has 0 spiro atoms. The Bertz CT molecular complexity index is 225. The molecule has 4 unspecified atom stereocenters. The summed E-state index contributed by atoms with van der Waals surface area (Å²) in [4.78, 5) is 2.77. The second-order valence-corrected chi connectivity index (χ2v) is 6.56. The van der Waals surface area contributed by atoms with E-state index in [1.54, 1.807) is 0 Å². The highest BCUT2D eigenvalue weighted by molar-refractivity contribution is 4.87. The number of hydrogen-bond acceptors (Lipinski definition) is 2. The van der Waals surface area contributed by atoms with E-state index in [0.717, 1.165) is 17.9 Å². The lowest BCUT2D eigenvalue weighted by Crippen LogP contribution is -2.53. The van der Waals surface area contributed by atoms with E-state index in [1.165, 1.54) is 51.7 Å². The van der Waals surface area contributed by atoms with Crippen LogP contribution in [0.2, 0.25) is 0 Å². The van der Waals surface area contributed by atoms with Crippen molar-refractivity contribution in [3.05, 3.63) is 0 Å². The van der Waals surface area contributed by atoms with Crippen LogP contribution in [-0.4, -0.2) is 36.6 Å². The van der Waals surface area contributed by atoms with Crippen molar-refractivity contribution in [2.45, 2.75) is 78.8 Å². The van der Waals surface area contributed by atoms with Crippen molar-refractivity contribution < 1.29 is 0 Å². The van der Waals surface area contributed by atoms with Crippen LogP contribution in [0, 0.1) is 11.8 Å². The Labute approximate surface area is 121 Å². The van der Waals surface area contributed by atoms with Gasteiger partial charge in [0.1, 0.15) is 0 Å². The quantitative estimate of drug-likeness (QED) is 0.718. The van der Waals surface area contributed by atoms with Gasteiger partial charge in [-0.15, -0.1) is 0 Å². The molecule has 1 N–H and O–H groups in total. The van der Waals surface area contributed by atoms with Gasteiger partial charge in [-0.2, -0.15) is 0 Å². The van der Waals surface area contributed by atoms with Crippen LogP contribution in [0.5, 0.6) is 0 Å². The van der Waals surface area contributed by atoms with Crippen molar-refractivity contribution >= 4 is 0 Å². The molecule has 0 aromatic carbocycles. The normalized spacial score (nSPS) is 28.3. The molecule has 0 bridgehead atoms. The number of hydrogen-bond donors (Lipinski definition) is 1. The van der Waals surface area contributed by atoms with Crippen LogP contribution in [0.4, 0.5) is 0 Å². The van der Waals surface area contributed by atoms with Gasteiger partial charge in [-0.05, 0) is 50.6 Å². The fourth-order valence-electron chi connectivity index (χ4n) is 3.46. The summed E-state index contributed by atoms with van der Waals surface area (Å²) < 4.78 is 0. The number of likely N-dealkylation sites (tertiary alicyclic amines) is 1. The molecule has 2 heteroatoms. The van der Waals surface area contributed by atoms with Crippen molar-refractivity contribution in [1.82, 2.24) is 10.2 Å². The molecular weight excluding hydrogens is 232 g/mol. The molecule has 114 valence electrons. The number of nitrogens with one attached hydrogen (secondary N) is 1. The van der Waals surface area contributed by atoms with Gasteiger partial charge in [-0.1, -0.05) is 41.0 Å². The highest BCUT2D eigenvalue weighted by Crippen LogP contribution is 2.26. The first-order valence-electron chi connectivity index (χ1n) is 8.61. The summed E-state index contributed by atoms with van der Waals surface area (Å²) in [6, 6.07) is 1.43. The fourth-order valence-corrected chi connectivity index (χ4v) is 3.46. The first kappa shape index (κ1) is 17.0. The number of piperidine rings is 1. The maximum Gasteiger partial charge on any atom is 0.0246 e. The van der Waals surface area contributed by atoms with Crippen LogP contribution in [0.3, 0.4) is 0 Å². The Morgan fingerprint density at radius 3 is 2.37 bits per heavy atom. The van der Waals surface area contributed by atoms with Gasteiger partial charge >= 0.3 is 0 Å². The second kappa shape index (κ2) is 8.97. The average Bonchev–Trinajstić information content (AvgIpc) is 2.40. The Morgan fingerprint density at radius 1 is 1.11 bits per heavy atom. The summed E-state index contributed by atoms with van der Waals surface area (Å²) >= 11 is 0. The van der Waals surface area contributed by atoms with E-state index < -0.39 is 0 Å². The fraction of sp³-hybridized carbons (Fsp3) is 1.00. The van der Waals surface area contributed by atoms with Gasteiger partial charge in [0, 0.05) is 18.6 Å². The van der Waals surface area contributed by atoms with Crippen LogP contribution in [0.25, 0.3) is 0 Å². The average molecular weight is 268 g/mol. The van der Waals surface area contributed by atoms with Gasteiger partial charge in [0.05, 0.1) is 0 Å². The molecule has 0 aromatic rings. The van der Waals surface area contributed by atoms with Crippen LogP contribution >= 0.6 is 0 Å². The van der Waals surface area contributed by atoms with E-state index in [-0.39, 0.29) is 0 Å². The minimum atomic E-state index is 0.690. The predicted molar refractivity (Wildman–Crippen MR) is 85.6 cm³/mol. The molecular formula is C17H36N2. The van der Waals surface area contributed by atoms with Crippen molar-refractivity contribution in [3.63, 3.8) is 0 Å². The van der Waals surface area contributed by atoms with Gasteiger partial charge in [-0.3, -0.25) is 4.90 Å². The Kier molecular flexibility index (Phi) is 8.01. The van der Waals surface area contributed by atoms with E-state index in [1.807, 2.05) is 0 Å². The Morgan fingerprint density at radius 2 is 1.84 bits per heavy atom. The first-order valence-corrected chi connectivity index (χ1v) is 8.61. The molecule has 1 saturated heterocycles. The van der Waals surface area contributed by atoms with E-state index in [0.29, 0.717) is 6.04 Å². The van der Waals surface area contributed by atoms with Gasteiger partial charge in [0.2, 0.25) is 0 Å². The molecule has 1 aliphatic heterocycles. The molecule has 1 heterocycles. The third-order valence-electron chi connectivity index (χ3n) is 4.97. The number of nitrogens with zero attached hydrogens (tertiary/aromatic N) is 1. The monoisotopic (exact) mass is 268 g/mol. The van der Waals surface area contributed by atoms with Crippen molar-refractivity contribution in [3.8, 4) is 0 Å². The van der Waals surface area contributed by atoms with E-state index in [4.69, 9.17) is 0 Å². The standard InChI is InChI=1S/C17H36N2/c1-6-9-16(18-11-7-2)17(8-3)19-12-10-14(4)15(5)13-19/h14-18H,6-13H2,1-5H3. The smallest absolute Gasteiger partial charge is 0.0246 e. The predicted octanol–water partition coefficient (Wildman–Crippen LogP) is 3.91. The molecule has 0 amide bonds. The molecule has 0 aromatic heterocycles. The Hall–Kier alpha value is -0.0800.